The summed E-state index contributed by atoms with van der Waals surface area (Å²) >= 11 is 10.4. The second kappa shape index (κ2) is 5.23. The van der Waals surface area contributed by atoms with Gasteiger partial charge in [-0.05, 0) is 31.5 Å². The van der Waals surface area contributed by atoms with Gasteiger partial charge in [-0.3, -0.25) is 0 Å². The minimum atomic E-state index is 0.465. The molecule has 2 heterocycles. The topological polar surface area (TPSA) is 32.5 Å². The van der Waals surface area contributed by atoms with Crippen LogP contribution in [0.5, 0.6) is 0 Å². The number of thiol groups is 1. The van der Waals surface area contributed by atoms with Gasteiger partial charge in [-0.1, -0.05) is 24.4 Å². The third-order valence-corrected chi connectivity index (χ3v) is 4.36. The summed E-state index contributed by atoms with van der Waals surface area (Å²) in [6.45, 7) is 4.87. The maximum atomic E-state index is 5.97. The van der Waals surface area contributed by atoms with Crippen molar-refractivity contribution >= 4 is 41.5 Å². The van der Waals surface area contributed by atoms with E-state index in [1.807, 2.05) is 18.2 Å². The largest absolute Gasteiger partial charge is 0.423 e. The monoisotopic (exact) mass is 297 g/mol. The molecular weight excluding hydrogens is 282 g/mol. The number of rotatable bonds is 1. The zero-order valence-corrected chi connectivity index (χ0v) is 12.4. The van der Waals surface area contributed by atoms with E-state index in [-0.39, 0.29) is 0 Å². The van der Waals surface area contributed by atoms with E-state index in [1.54, 1.807) is 0 Å². The van der Waals surface area contributed by atoms with Crippen molar-refractivity contribution in [2.75, 3.05) is 24.5 Å². The summed E-state index contributed by atoms with van der Waals surface area (Å²) in [7, 11) is 0. The summed E-state index contributed by atoms with van der Waals surface area (Å²) in [4.78, 5) is 6.69. The fourth-order valence-electron chi connectivity index (χ4n) is 2.26. The van der Waals surface area contributed by atoms with Gasteiger partial charge in [-0.2, -0.15) is 4.98 Å². The first-order valence-electron chi connectivity index (χ1n) is 6.40. The molecule has 1 aromatic carbocycles. The first kappa shape index (κ1) is 13.1. The Balaban J connectivity index is 1.87. The molecule has 1 atom stereocenters. The summed E-state index contributed by atoms with van der Waals surface area (Å²) in [6, 6.07) is 6.65. The van der Waals surface area contributed by atoms with E-state index in [1.165, 1.54) is 0 Å². The molecule has 3 rings (SSSR count). The van der Waals surface area contributed by atoms with Crippen molar-refractivity contribution in [3.63, 3.8) is 0 Å². The third kappa shape index (κ3) is 2.68. The summed E-state index contributed by atoms with van der Waals surface area (Å²) in [5, 5.41) is 0.679. The minimum absolute atomic E-state index is 0.465. The fraction of sp³-hybridized carbons (Fsp3) is 0.462. The van der Waals surface area contributed by atoms with Gasteiger partial charge in [-0.25, -0.2) is 4.31 Å². The zero-order chi connectivity index (χ0) is 13.4. The molecule has 1 aromatic heterocycles. The molecule has 0 N–H and O–H groups in total. The minimum Gasteiger partial charge on any atom is -0.423 e. The van der Waals surface area contributed by atoms with E-state index in [4.69, 9.17) is 16.0 Å². The third-order valence-electron chi connectivity index (χ3n) is 3.53. The van der Waals surface area contributed by atoms with Crippen LogP contribution in [0.1, 0.15) is 13.3 Å². The molecule has 0 unspecified atom stereocenters. The quantitative estimate of drug-likeness (QED) is 0.819. The highest BCUT2D eigenvalue weighted by atomic mass is 35.5. The number of benzene rings is 1. The van der Waals surface area contributed by atoms with Crippen molar-refractivity contribution < 1.29 is 4.42 Å². The van der Waals surface area contributed by atoms with Crippen molar-refractivity contribution in [1.29, 1.82) is 0 Å². The molecule has 0 bridgehead atoms. The number of hydrogen-bond donors (Lipinski definition) is 1. The summed E-state index contributed by atoms with van der Waals surface area (Å²) in [5.74, 6) is 0. The Morgan fingerprint density at radius 2 is 2.21 bits per heavy atom. The van der Waals surface area contributed by atoms with Gasteiger partial charge in [0, 0.05) is 30.7 Å². The molecule has 0 saturated carbocycles. The van der Waals surface area contributed by atoms with Crippen molar-refractivity contribution in [3.8, 4) is 0 Å². The van der Waals surface area contributed by atoms with E-state index in [2.05, 4.69) is 33.9 Å². The van der Waals surface area contributed by atoms with E-state index in [0.29, 0.717) is 17.1 Å². The summed E-state index contributed by atoms with van der Waals surface area (Å²) in [5.41, 5.74) is 1.59. The Kier molecular flexibility index (Phi) is 3.60. The van der Waals surface area contributed by atoms with Crippen LogP contribution in [0.15, 0.2) is 22.6 Å². The van der Waals surface area contributed by atoms with Gasteiger partial charge >= 0.3 is 0 Å². The number of nitrogens with zero attached hydrogens (tertiary/aromatic N) is 3. The van der Waals surface area contributed by atoms with Crippen LogP contribution in [0.25, 0.3) is 11.1 Å². The molecular formula is C13H16ClN3OS. The molecule has 1 aliphatic rings. The molecule has 0 spiro atoms. The average Bonchev–Trinajstić information content (AvgIpc) is 2.72. The van der Waals surface area contributed by atoms with Gasteiger partial charge in [0.1, 0.15) is 5.52 Å². The molecule has 1 saturated heterocycles. The van der Waals surface area contributed by atoms with E-state index in [0.717, 1.165) is 37.2 Å². The first-order chi connectivity index (χ1) is 9.13. The molecule has 1 fully saturated rings. The average molecular weight is 298 g/mol. The standard InChI is InChI=1S/C13H16ClN3OS/c1-9-4-5-16(6-7-17(9)19)13-15-11-8-10(14)2-3-12(11)18-13/h2-3,8-9,19H,4-7H2,1H3/t9-/m1/s1. The second-order valence-corrected chi connectivity index (χ2v) is 5.85. The number of hydrogen-bond acceptors (Lipinski definition) is 5. The van der Waals surface area contributed by atoms with Crippen LogP contribution < -0.4 is 4.90 Å². The molecule has 0 aliphatic carbocycles. The van der Waals surface area contributed by atoms with E-state index < -0.39 is 0 Å². The predicted octanol–water partition coefficient (Wildman–Crippen LogP) is 3.23. The van der Waals surface area contributed by atoms with Gasteiger partial charge in [0.05, 0.1) is 0 Å². The molecule has 0 amide bonds. The highest BCUT2D eigenvalue weighted by Crippen LogP contribution is 2.26. The van der Waals surface area contributed by atoms with Gasteiger partial charge in [0.2, 0.25) is 0 Å². The Hall–Kier alpha value is -0.910. The maximum Gasteiger partial charge on any atom is 0.298 e. The lowest BCUT2D eigenvalue weighted by Gasteiger charge is -2.18. The zero-order valence-electron chi connectivity index (χ0n) is 10.7. The van der Waals surface area contributed by atoms with Crippen LogP contribution in [-0.4, -0.2) is 35.0 Å². The number of halogens is 1. The van der Waals surface area contributed by atoms with Crippen molar-refractivity contribution in [2.45, 2.75) is 19.4 Å². The Morgan fingerprint density at radius 3 is 3.05 bits per heavy atom. The van der Waals surface area contributed by atoms with Gasteiger partial charge in [0.25, 0.3) is 6.01 Å². The van der Waals surface area contributed by atoms with E-state index in [9.17, 15) is 0 Å². The molecule has 102 valence electrons. The SMILES string of the molecule is C[C@@H]1CCN(c2nc3cc(Cl)ccc3o2)CCN1S. The summed E-state index contributed by atoms with van der Waals surface area (Å²) < 4.78 is 7.87. The molecule has 2 aromatic rings. The normalized spacial score (nSPS) is 21.8. The van der Waals surface area contributed by atoms with Crippen LogP contribution in [0.3, 0.4) is 0 Å². The Bertz CT molecular complexity index is 576. The van der Waals surface area contributed by atoms with Crippen LogP contribution in [0.2, 0.25) is 5.02 Å². The van der Waals surface area contributed by atoms with Crippen molar-refractivity contribution in [1.82, 2.24) is 9.29 Å². The highest BCUT2D eigenvalue weighted by molar-refractivity contribution is 7.77. The fourth-order valence-corrected chi connectivity index (χ4v) is 2.63. The van der Waals surface area contributed by atoms with Gasteiger partial charge in [0.15, 0.2) is 5.58 Å². The summed E-state index contributed by atoms with van der Waals surface area (Å²) in [6.07, 6.45) is 1.04. The number of oxazole rings is 1. The van der Waals surface area contributed by atoms with Crippen LogP contribution in [-0.2, 0) is 0 Å². The second-order valence-electron chi connectivity index (χ2n) is 4.90. The van der Waals surface area contributed by atoms with Crippen molar-refractivity contribution in [3.05, 3.63) is 23.2 Å². The lowest BCUT2D eigenvalue weighted by molar-refractivity contribution is 0.395. The van der Waals surface area contributed by atoms with Crippen LogP contribution in [0.4, 0.5) is 6.01 Å². The van der Waals surface area contributed by atoms with E-state index >= 15 is 0 Å². The molecule has 6 heteroatoms. The van der Waals surface area contributed by atoms with Crippen molar-refractivity contribution in [2.24, 2.45) is 0 Å². The molecule has 19 heavy (non-hydrogen) atoms. The maximum absolute atomic E-state index is 5.97. The number of fused-ring (bicyclic) bond motifs is 1. The molecule has 1 aliphatic heterocycles. The molecule has 4 nitrogen and oxygen atoms in total. The lowest BCUT2D eigenvalue weighted by atomic mass is 10.2. The first-order valence-corrected chi connectivity index (χ1v) is 7.18. The number of anilines is 1. The van der Waals surface area contributed by atoms with Gasteiger partial charge in [-0.15, -0.1) is 0 Å². The van der Waals surface area contributed by atoms with Gasteiger partial charge < -0.3 is 9.32 Å². The highest BCUT2D eigenvalue weighted by Gasteiger charge is 2.21. The number of aromatic nitrogens is 1. The Labute approximate surface area is 122 Å². The predicted molar refractivity (Wildman–Crippen MR) is 81.0 cm³/mol. The lowest BCUT2D eigenvalue weighted by Crippen LogP contribution is -2.28. The smallest absolute Gasteiger partial charge is 0.298 e. The molecule has 0 radical (unpaired) electrons. The Morgan fingerprint density at radius 1 is 1.37 bits per heavy atom. The van der Waals surface area contributed by atoms with Crippen LogP contribution >= 0.6 is 24.4 Å². The van der Waals surface area contributed by atoms with Crippen LogP contribution in [0, 0.1) is 0 Å².